The Labute approximate surface area is 141 Å². The largest absolute Gasteiger partial charge is 0.380 e. The van der Waals surface area contributed by atoms with E-state index in [1.54, 1.807) is 30.5 Å². The van der Waals surface area contributed by atoms with Crippen LogP contribution in [0.15, 0.2) is 47.4 Å². The number of amides is 1. The van der Waals surface area contributed by atoms with Crippen molar-refractivity contribution < 1.29 is 13.9 Å². The lowest BCUT2D eigenvalue weighted by atomic mass is 10.1. The van der Waals surface area contributed by atoms with Crippen molar-refractivity contribution in [3.63, 3.8) is 0 Å². The standard InChI is InChI=1S/C16H17N3O4S/c1-3-17-14-8-7-11(9-15(14)19(21)22)16(20)18-12-5-4-6-13(10-12)24(2)23/h4-10,17H,3H2,1-2H3,(H,18,20)/t24-/m0/s1. The molecule has 0 spiro atoms. The molecule has 0 bridgehead atoms. The maximum atomic E-state index is 12.3. The van der Waals surface area contributed by atoms with Crippen LogP contribution in [0.1, 0.15) is 17.3 Å². The number of anilines is 2. The lowest BCUT2D eigenvalue weighted by Crippen LogP contribution is -2.13. The molecule has 0 unspecified atom stereocenters. The number of carbonyl (C=O) groups excluding carboxylic acids is 1. The summed E-state index contributed by atoms with van der Waals surface area (Å²) in [4.78, 5) is 23.5. The molecule has 7 nitrogen and oxygen atoms in total. The van der Waals surface area contributed by atoms with Crippen molar-refractivity contribution >= 4 is 33.8 Å². The molecule has 0 aromatic heterocycles. The second-order valence-corrected chi connectivity index (χ2v) is 6.34. The van der Waals surface area contributed by atoms with Gasteiger partial charge in [0.1, 0.15) is 5.69 Å². The quantitative estimate of drug-likeness (QED) is 0.618. The van der Waals surface area contributed by atoms with Gasteiger partial charge in [-0.25, -0.2) is 0 Å². The normalized spacial score (nSPS) is 11.6. The first-order chi connectivity index (χ1) is 11.4. The Balaban J connectivity index is 2.26. The SMILES string of the molecule is CCNc1ccc(C(=O)Nc2cccc([S@](C)=O)c2)cc1[N+](=O)[O-]. The van der Waals surface area contributed by atoms with Crippen molar-refractivity contribution in [2.45, 2.75) is 11.8 Å². The van der Waals surface area contributed by atoms with Crippen LogP contribution in [0.2, 0.25) is 0 Å². The van der Waals surface area contributed by atoms with Crippen LogP contribution in [0.3, 0.4) is 0 Å². The molecule has 0 aliphatic rings. The molecule has 8 heteroatoms. The highest BCUT2D eigenvalue weighted by molar-refractivity contribution is 7.84. The summed E-state index contributed by atoms with van der Waals surface area (Å²) >= 11 is 0. The molecule has 0 saturated heterocycles. The minimum Gasteiger partial charge on any atom is -0.380 e. The highest BCUT2D eigenvalue weighted by Gasteiger charge is 2.17. The van der Waals surface area contributed by atoms with Crippen molar-refractivity contribution in [1.82, 2.24) is 0 Å². The number of nitro groups is 1. The Morgan fingerprint density at radius 3 is 2.62 bits per heavy atom. The van der Waals surface area contributed by atoms with Gasteiger partial charge in [-0.15, -0.1) is 0 Å². The van der Waals surface area contributed by atoms with E-state index < -0.39 is 21.6 Å². The van der Waals surface area contributed by atoms with Gasteiger partial charge in [-0.05, 0) is 37.3 Å². The summed E-state index contributed by atoms with van der Waals surface area (Å²) < 4.78 is 11.5. The average Bonchev–Trinajstić information content (AvgIpc) is 2.55. The Morgan fingerprint density at radius 1 is 1.25 bits per heavy atom. The van der Waals surface area contributed by atoms with Gasteiger partial charge in [0.25, 0.3) is 11.6 Å². The first kappa shape index (κ1) is 17.6. The van der Waals surface area contributed by atoms with Crippen LogP contribution in [-0.2, 0) is 10.8 Å². The van der Waals surface area contributed by atoms with E-state index >= 15 is 0 Å². The van der Waals surface area contributed by atoms with Gasteiger partial charge < -0.3 is 10.6 Å². The topological polar surface area (TPSA) is 101 Å². The molecule has 1 atom stereocenters. The fraction of sp³-hybridized carbons (Fsp3) is 0.188. The number of carbonyl (C=O) groups is 1. The van der Waals surface area contributed by atoms with Gasteiger partial charge in [0.05, 0.1) is 4.92 Å². The summed E-state index contributed by atoms with van der Waals surface area (Å²) in [5, 5.41) is 16.7. The van der Waals surface area contributed by atoms with E-state index in [0.717, 1.165) is 0 Å². The molecule has 1 amide bonds. The molecule has 0 fully saturated rings. The minimum atomic E-state index is -1.16. The maximum absolute atomic E-state index is 12.3. The summed E-state index contributed by atoms with van der Waals surface area (Å²) in [5.41, 5.74) is 0.854. The van der Waals surface area contributed by atoms with Gasteiger partial charge in [-0.2, -0.15) is 0 Å². The molecule has 0 radical (unpaired) electrons. The Kier molecular flexibility index (Phi) is 5.64. The lowest BCUT2D eigenvalue weighted by molar-refractivity contribution is -0.384. The predicted molar refractivity (Wildman–Crippen MR) is 94.0 cm³/mol. The third-order valence-electron chi connectivity index (χ3n) is 3.25. The molecule has 2 rings (SSSR count). The fourth-order valence-electron chi connectivity index (χ4n) is 2.12. The molecule has 0 aliphatic carbocycles. The summed E-state index contributed by atoms with van der Waals surface area (Å²) in [6, 6.07) is 10.9. The predicted octanol–water partition coefficient (Wildman–Crippen LogP) is 3.02. The Morgan fingerprint density at radius 2 is 2.00 bits per heavy atom. The van der Waals surface area contributed by atoms with E-state index in [4.69, 9.17) is 0 Å². The van der Waals surface area contributed by atoms with Crippen molar-refractivity contribution in [2.75, 3.05) is 23.4 Å². The molecule has 24 heavy (non-hydrogen) atoms. The average molecular weight is 347 g/mol. The number of hydrogen-bond donors (Lipinski definition) is 2. The third-order valence-corrected chi connectivity index (χ3v) is 4.17. The zero-order chi connectivity index (χ0) is 17.7. The minimum absolute atomic E-state index is 0.159. The lowest BCUT2D eigenvalue weighted by Gasteiger charge is -2.09. The van der Waals surface area contributed by atoms with Crippen LogP contribution >= 0.6 is 0 Å². The molecule has 0 saturated carbocycles. The zero-order valence-corrected chi connectivity index (χ0v) is 14.1. The second kappa shape index (κ2) is 7.69. The zero-order valence-electron chi connectivity index (χ0n) is 13.2. The van der Waals surface area contributed by atoms with Crippen LogP contribution in [0.5, 0.6) is 0 Å². The van der Waals surface area contributed by atoms with Gasteiger partial charge in [0.2, 0.25) is 0 Å². The Bertz CT molecular complexity index is 808. The van der Waals surface area contributed by atoms with Crippen LogP contribution in [0.25, 0.3) is 0 Å². The molecule has 0 heterocycles. The van der Waals surface area contributed by atoms with E-state index in [2.05, 4.69) is 10.6 Å². The van der Waals surface area contributed by atoms with Crippen LogP contribution in [0.4, 0.5) is 17.1 Å². The highest BCUT2D eigenvalue weighted by Crippen LogP contribution is 2.26. The van der Waals surface area contributed by atoms with E-state index in [1.165, 1.54) is 18.2 Å². The summed E-state index contributed by atoms with van der Waals surface area (Å²) in [6.07, 6.45) is 1.55. The van der Waals surface area contributed by atoms with Crippen molar-refractivity contribution in [1.29, 1.82) is 0 Å². The molecule has 0 aliphatic heterocycles. The van der Waals surface area contributed by atoms with E-state index in [9.17, 15) is 19.1 Å². The molecular formula is C16H17N3O4S. The first-order valence-electron chi connectivity index (χ1n) is 7.19. The van der Waals surface area contributed by atoms with E-state index in [-0.39, 0.29) is 11.3 Å². The van der Waals surface area contributed by atoms with Gasteiger partial charge in [-0.1, -0.05) is 6.07 Å². The monoisotopic (exact) mass is 347 g/mol. The summed E-state index contributed by atoms with van der Waals surface area (Å²) in [6.45, 7) is 2.36. The number of nitrogens with zero attached hydrogens (tertiary/aromatic N) is 1. The molecule has 2 aromatic rings. The number of nitro benzene ring substituents is 1. The molecule has 2 aromatic carbocycles. The smallest absolute Gasteiger partial charge is 0.293 e. The highest BCUT2D eigenvalue weighted by atomic mass is 32.2. The maximum Gasteiger partial charge on any atom is 0.293 e. The van der Waals surface area contributed by atoms with Crippen LogP contribution < -0.4 is 10.6 Å². The van der Waals surface area contributed by atoms with Crippen LogP contribution in [0, 0.1) is 10.1 Å². The van der Waals surface area contributed by atoms with Crippen molar-refractivity contribution in [2.24, 2.45) is 0 Å². The molecule has 126 valence electrons. The van der Waals surface area contributed by atoms with Crippen molar-refractivity contribution in [3.8, 4) is 0 Å². The fourth-order valence-corrected chi connectivity index (χ4v) is 2.68. The van der Waals surface area contributed by atoms with Crippen molar-refractivity contribution in [3.05, 3.63) is 58.1 Å². The Hall–Kier alpha value is -2.74. The van der Waals surface area contributed by atoms with E-state index in [1.807, 2.05) is 6.92 Å². The van der Waals surface area contributed by atoms with Gasteiger partial charge in [-0.3, -0.25) is 19.1 Å². The van der Waals surface area contributed by atoms with Crippen LogP contribution in [-0.4, -0.2) is 27.8 Å². The second-order valence-electron chi connectivity index (χ2n) is 4.96. The number of benzene rings is 2. The summed E-state index contributed by atoms with van der Waals surface area (Å²) in [5.74, 6) is -0.472. The van der Waals surface area contributed by atoms with Gasteiger partial charge >= 0.3 is 0 Å². The number of nitrogens with one attached hydrogen (secondary N) is 2. The molecular weight excluding hydrogens is 330 g/mol. The van der Waals surface area contributed by atoms with Gasteiger partial charge in [0.15, 0.2) is 0 Å². The van der Waals surface area contributed by atoms with Gasteiger partial charge in [0, 0.05) is 45.8 Å². The summed E-state index contributed by atoms with van der Waals surface area (Å²) in [7, 11) is -1.16. The first-order valence-corrected chi connectivity index (χ1v) is 8.75. The number of hydrogen-bond acceptors (Lipinski definition) is 5. The van der Waals surface area contributed by atoms with E-state index in [0.29, 0.717) is 22.8 Å². The number of rotatable bonds is 6. The third kappa shape index (κ3) is 4.17. The molecule has 2 N–H and O–H groups in total.